The van der Waals surface area contributed by atoms with Crippen LogP contribution in [0.5, 0.6) is 0 Å². The van der Waals surface area contributed by atoms with Crippen LogP contribution in [0, 0.1) is 11.6 Å². The maximum Gasteiger partial charge on any atom is 0.253 e. The Morgan fingerprint density at radius 3 is 2.60 bits per heavy atom. The van der Waals surface area contributed by atoms with Crippen LogP contribution in [-0.4, -0.2) is 5.91 Å². The average Bonchev–Trinajstić information content (AvgIpc) is 2.42. The Hall–Kier alpha value is -1.59. The Morgan fingerprint density at radius 2 is 1.90 bits per heavy atom. The van der Waals surface area contributed by atoms with Crippen LogP contribution < -0.4 is 5.32 Å². The van der Waals surface area contributed by atoms with Crippen molar-refractivity contribution in [1.29, 1.82) is 0 Å². The van der Waals surface area contributed by atoms with Crippen LogP contribution in [-0.2, 0) is 6.54 Å². The van der Waals surface area contributed by atoms with Crippen molar-refractivity contribution >= 4 is 30.1 Å². The molecule has 2 aromatic carbocycles. The Bertz CT molecular complexity index is 664. The van der Waals surface area contributed by atoms with Gasteiger partial charge in [-0.05, 0) is 35.9 Å². The molecule has 0 atom stereocenters. The zero-order valence-electron chi connectivity index (χ0n) is 10.2. The lowest BCUT2D eigenvalue weighted by molar-refractivity contribution is 0.0951. The molecule has 0 aliphatic carbocycles. The maximum absolute atomic E-state index is 13.0. The van der Waals surface area contributed by atoms with E-state index in [9.17, 15) is 13.6 Å². The first kappa shape index (κ1) is 14.8. The van der Waals surface area contributed by atoms with Crippen molar-refractivity contribution in [2.24, 2.45) is 0 Å². The quantitative estimate of drug-likeness (QED) is 0.828. The Labute approximate surface area is 125 Å². The first-order valence-electron chi connectivity index (χ1n) is 5.68. The normalized spacial score (nSPS) is 10.4. The number of hydrogen-bond donors (Lipinski definition) is 2. The predicted octanol–water partition coefficient (Wildman–Crippen LogP) is 3.84. The summed E-state index contributed by atoms with van der Waals surface area (Å²) in [5.74, 6) is -2.28. The molecule has 1 N–H and O–H groups in total. The molecule has 0 heterocycles. The number of nitrogens with one attached hydrogen (secondary N) is 1. The third kappa shape index (κ3) is 3.49. The van der Waals surface area contributed by atoms with Gasteiger partial charge in [-0.1, -0.05) is 17.7 Å². The molecule has 0 radical (unpaired) electrons. The van der Waals surface area contributed by atoms with Crippen LogP contribution in [0.25, 0.3) is 0 Å². The van der Waals surface area contributed by atoms with Gasteiger partial charge in [0, 0.05) is 11.4 Å². The van der Waals surface area contributed by atoms with Crippen LogP contribution in [0.15, 0.2) is 41.3 Å². The molecule has 20 heavy (non-hydrogen) atoms. The van der Waals surface area contributed by atoms with E-state index in [4.69, 9.17) is 11.6 Å². The molecule has 2 nitrogen and oxygen atoms in total. The van der Waals surface area contributed by atoms with E-state index in [1.54, 1.807) is 12.1 Å². The fourth-order valence-electron chi connectivity index (χ4n) is 1.61. The first-order valence-corrected chi connectivity index (χ1v) is 6.50. The Kier molecular flexibility index (Phi) is 4.62. The summed E-state index contributed by atoms with van der Waals surface area (Å²) in [5.41, 5.74) is 0.733. The molecule has 0 aliphatic heterocycles. The second-order valence-corrected chi connectivity index (χ2v) is 5.02. The standard InChI is InChI=1S/C14H10ClF2NOS/c15-11-3-2-9(20)6-10(11)14(19)18-7-8-1-4-12(16)13(17)5-8/h1-6,20H,7H2,(H,18,19). The van der Waals surface area contributed by atoms with Gasteiger partial charge >= 0.3 is 0 Å². The van der Waals surface area contributed by atoms with Crippen molar-refractivity contribution in [2.45, 2.75) is 11.4 Å². The minimum atomic E-state index is -0.952. The van der Waals surface area contributed by atoms with Gasteiger partial charge in [-0.15, -0.1) is 12.6 Å². The highest BCUT2D eigenvalue weighted by atomic mass is 35.5. The number of benzene rings is 2. The largest absolute Gasteiger partial charge is 0.348 e. The van der Waals surface area contributed by atoms with E-state index in [2.05, 4.69) is 17.9 Å². The van der Waals surface area contributed by atoms with Crippen molar-refractivity contribution < 1.29 is 13.6 Å². The van der Waals surface area contributed by atoms with Crippen LogP contribution >= 0.6 is 24.2 Å². The molecule has 6 heteroatoms. The smallest absolute Gasteiger partial charge is 0.253 e. The van der Waals surface area contributed by atoms with E-state index in [1.165, 1.54) is 12.1 Å². The van der Waals surface area contributed by atoms with E-state index >= 15 is 0 Å². The Balaban J connectivity index is 2.08. The minimum Gasteiger partial charge on any atom is -0.348 e. The number of rotatable bonds is 3. The summed E-state index contributed by atoms with van der Waals surface area (Å²) in [5, 5.41) is 2.88. The van der Waals surface area contributed by atoms with Crippen molar-refractivity contribution in [1.82, 2.24) is 5.32 Å². The molecule has 1 amide bonds. The van der Waals surface area contributed by atoms with Crippen LogP contribution in [0.2, 0.25) is 5.02 Å². The topological polar surface area (TPSA) is 29.1 Å². The van der Waals surface area contributed by atoms with Gasteiger partial charge in [-0.2, -0.15) is 0 Å². The zero-order chi connectivity index (χ0) is 14.7. The minimum absolute atomic E-state index is 0.0726. The van der Waals surface area contributed by atoms with E-state index < -0.39 is 17.5 Å². The second-order valence-electron chi connectivity index (χ2n) is 4.10. The summed E-state index contributed by atoms with van der Waals surface area (Å²) in [6.07, 6.45) is 0. The highest BCUT2D eigenvalue weighted by Gasteiger charge is 2.11. The molecule has 104 valence electrons. The first-order chi connectivity index (χ1) is 9.47. The Morgan fingerprint density at radius 1 is 1.15 bits per heavy atom. The van der Waals surface area contributed by atoms with E-state index in [1.807, 2.05) is 0 Å². The fraction of sp³-hybridized carbons (Fsp3) is 0.0714. The lowest BCUT2D eigenvalue weighted by Crippen LogP contribution is -2.23. The number of thiol groups is 1. The number of carbonyl (C=O) groups is 1. The van der Waals surface area contributed by atoms with Gasteiger partial charge in [0.1, 0.15) is 0 Å². The van der Waals surface area contributed by atoms with Crippen molar-refractivity contribution in [3.8, 4) is 0 Å². The molecule has 2 aromatic rings. The molecule has 0 saturated heterocycles. The zero-order valence-corrected chi connectivity index (χ0v) is 11.8. The SMILES string of the molecule is O=C(NCc1ccc(F)c(F)c1)c1cc(S)ccc1Cl. The molecule has 0 aliphatic rings. The van der Waals surface area contributed by atoms with Crippen molar-refractivity contribution in [3.63, 3.8) is 0 Å². The van der Waals surface area contributed by atoms with Gasteiger partial charge in [0.05, 0.1) is 10.6 Å². The van der Waals surface area contributed by atoms with Crippen molar-refractivity contribution in [2.75, 3.05) is 0 Å². The summed E-state index contributed by atoms with van der Waals surface area (Å²) in [6.45, 7) is 0.0726. The molecule has 0 saturated carbocycles. The number of halogens is 3. The van der Waals surface area contributed by atoms with Gasteiger partial charge in [0.15, 0.2) is 11.6 Å². The summed E-state index contributed by atoms with van der Waals surface area (Å²) in [6, 6.07) is 8.21. The number of amides is 1. The van der Waals surface area contributed by atoms with Crippen LogP contribution in [0.1, 0.15) is 15.9 Å². The van der Waals surface area contributed by atoms with Crippen molar-refractivity contribution in [3.05, 3.63) is 64.2 Å². The van der Waals surface area contributed by atoms with Gasteiger partial charge in [-0.25, -0.2) is 8.78 Å². The number of carbonyl (C=O) groups excluding carboxylic acids is 1. The molecule has 0 bridgehead atoms. The molecular weight excluding hydrogens is 304 g/mol. The van der Waals surface area contributed by atoms with Gasteiger partial charge in [0.25, 0.3) is 5.91 Å². The third-order valence-electron chi connectivity index (χ3n) is 2.63. The monoisotopic (exact) mass is 313 g/mol. The molecule has 0 aromatic heterocycles. The van der Waals surface area contributed by atoms with E-state index in [0.29, 0.717) is 15.5 Å². The van der Waals surface area contributed by atoms with Crippen LogP contribution in [0.3, 0.4) is 0 Å². The third-order valence-corrected chi connectivity index (χ3v) is 3.24. The maximum atomic E-state index is 13.0. The summed E-state index contributed by atoms with van der Waals surface area (Å²) in [7, 11) is 0. The lowest BCUT2D eigenvalue weighted by atomic mass is 10.2. The molecule has 0 fully saturated rings. The number of hydrogen-bond acceptors (Lipinski definition) is 2. The summed E-state index contributed by atoms with van der Waals surface area (Å²) < 4.78 is 25.8. The molecule has 2 rings (SSSR count). The van der Waals surface area contributed by atoms with E-state index in [-0.39, 0.29) is 12.1 Å². The highest BCUT2D eigenvalue weighted by Crippen LogP contribution is 2.19. The average molecular weight is 314 g/mol. The fourth-order valence-corrected chi connectivity index (χ4v) is 2.02. The lowest BCUT2D eigenvalue weighted by Gasteiger charge is -2.08. The summed E-state index contributed by atoms with van der Waals surface area (Å²) >= 11 is 10.0. The molecular formula is C14H10ClF2NOS. The van der Waals surface area contributed by atoms with Gasteiger partial charge in [-0.3, -0.25) is 4.79 Å². The second kappa shape index (κ2) is 6.24. The van der Waals surface area contributed by atoms with Gasteiger partial charge in [0.2, 0.25) is 0 Å². The molecule has 0 spiro atoms. The molecule has 0 unspecified atom stereocenters. The summed E-state index contributed by atoms with van der Waals surface area (Å²) in [4.78, 5) is 12.5. The van der Waals surface area contributed by atoms with Gasteiger partial charge < -0.3 is 5.32 Å². The van der Waals surface area contributed by atoms with Crippen LogP contribution in [0.4, 0.5) is 8.78 Å². The van der Waals surface area contributed by atoms with E-state index in [0.717, 1.165) is 12.1 Å². The highest BCUT2D eigenvalue weighted by molar-refractivity contribution is 7.80. The predicted molar refractivity (Wildman–Crippen MR) is 76.2 cm³/mol.